The number of aromatic nitrogens is 1. The molecule has 1 aromatic rings. The molecule has 136 valence electrons. The second-order valence-corrected chi connectivity index (χ2v) is 5.94. The summed E-state index contributed by atoms with van der Waals surface area (Å²) in [5.41, 5.74) is 1.96. The molecule has 1 aliphatic rings. The molecular formula is C16H24F3IN4. The third-order valence-electron chi connectivity index (χ3n) is 4.24. The molecule has 1 aromatic heterocycles. The van der Waals surface area contributed by atoms with Gasteiger partial charge in [0.25, 0.3) is 0 Å². The fourth-order valence-corrected chi connectivity index (χ4v) is 2.88. The smallest absolute Gasteiger partial charge is 0.354 e. The Morgan fingerprint density at radius 2 is 2.12 bits per heavy atom. The van der Waals surface area contributed by atoms with Crippen molar-refractivity contribution in [3.8, 4) is 0 Å². The summed E-state index contributed by atoms with van der Waals surface area (Å²) in [6, 6.07) is 3.63. The second kappa shape index (κ2) is 9.43. The Kier molecular flexibility index (Phi) is 8.24. The van der Waals surface area contributed by atoms with Gasteiger partial charge in [0, 0.05) is 19.3 Å². The van der Waals surface area contributed by atoms with Gasteiger partial charge in [0.05, 0.1) is 18.2 Å². The molecule has 2 unspecified atom stereocenters. The van der Waals surface area contributed by atoms with E-state index >= 15 is 0 Å². The first-order valence-corrected chi connectivity index (χ1v) is 7.84. The summed E-state index contributed by atoms with van der Waals surface area (Å²) >= 11 is 0. The fraction of sp³-hybridized carbons (Fsp3) is 0.625. The highest BCUT2D eigenvalue weighted by molar-refractivity contribution is 14.0. The van der Waals surface area contributed by atoms with Crippen molar-refractivity contribution >= 4 is 29.9 Å². The molecule has 8 heteroatoms. The lowest BCUT2D eigenvalue weighted by Crippen LogP contribution is -2.46. The number of hydrogen-bond acceptors (Lipinski definition) is 2. The molecule has 0 bridgehead atoms. The first kappa shape index (κ1) is 21.0. The van der Waals surface area contributed by atoms with E-state index in [9.17, 15) is 13.2 Å². The van der Waals surface area contributed by atoms with E-state index in [1.807, 2.05) is 19.1 Å². The maximum atomic E-state index is 12.9. The first-order valence-electron chi connectivity index (χ1n) is 7.84. The van der Waals surface area contributed by atoms with Crippen LogP contribution < -0.4 is 10.6 Å². The number of aryl methyl sites for hydroxylation is 1. The highest BCUT2D eigenvalue weighted by Crippen LogP contribution is 2.37. The topological polar surface area (TPSA) is 49.3 Å². The standard InChI is InChI=1S/C16H23F3N4.HI/c1-11-5-4-8-21-14(11)10-22-15(20-2)23-13-7-3-6-12(9-13)16(17,18)19;/h4-5,8,12-13H,3,6-7,9-10H2,1-2H3,(H2,20,22,23);1H. The number of alkyl halides is 3. The van der Waals surface area contributed by atoms with Gasteiger partial charge in [-0.05, 0) is 37.8 Å². The van der Waals surface area contributed by atoms with Crippen molar-refractivity contribution in [1.29, 1.82) is 0 Å². The number of aliphatic imine (C=N–C) groups is 1. The zero-order valence-corrected chi connectivity index (χ0v) is 16.2. The minimum atomic E-state index is -4.11. The number of nitrogens with zero attached hydrogens (tertiary/aromatic N) is 2. The van der Waals surface area contributed by atoms with Crippen LogP contribution in [0.3, 0.4) is 0 Å². The minimum Gasteiger partial charge on any atom is -0.354 e. The minimum absolute atomic E-state index is 0. The van der Waals surface area contributed by atoms with Crippen LogP contribution in [-0.4, -0.2) is 30.2 Å². The molecule has 2 atom stereocenters. The van der Waals surface area contributed by atoms with Crippen LogP contribution in [0.2, 0.25) is 0 Å². The zero-order chi connectivity index (χ0) is 16.9. The summed E-state index contributed by atoms with van der Waals surface area (Å²) in [6.45, 7) is 2.46. The summed E-state index contributed by atoms with van der Waals surface area (Å²) < 4.78 is 38.6. The third-order valence-corrected chi connectivity index (χ3v) is 4.24. The highest BCUT2D eigenvalue weighted by atomic mass is 127. The van der Waals surface area contributed by atoms with Crippen molar-refractivity contribution in [1.82, 2.24) is 15.6 Å². The van der Waals surface area contributed by atoms with Crippen LogP contribution >= 0.6 is 24.0 Å². The molecule has 2 N–H and O–H groups in total. The summed E-state index contributed by atoms with van der Waals surface area (Å²) in [4.78, 5) is 8.38. The van der Waals surface area contributed by atoms with Gasteiger partial charge in [0.1, 0.15) is 0 Å². The van der Waals surface area contributed by atoms with E-state index in [4.69, 9.17) is 0 Å². The van der Waals surface area contributed by atoms with E-state index in [0.29, 0.717) is 18.9 Å². The van der Waals surface area contributed by atoms with Crippen molar-refractivity contribution in [2.24, 2.45) is 10.9 Å². The van der Waals surface area contributed by atoms with Gasteiger partial charge in [-0.15, -0.1) is 24.0 Å². The van der Waals surface area contributed by atoms with E-state index in [0.717, 1.165) is 17.7 Å². The van der Waals surface area contributed by atoms with E-state index in [-0.39, 0.29) is 42.9 Å². The Morgan fingerprint density at radius 3 is 2.75 bits per heavy atom. The molecule has 0 aromatic carbocycles. The monoisotopic (exact) mass is 456 g/mol. The number of halogens is 4. The van der Waals surface area contributed by atoms with Gasteiger partial charge in [-0.3, -0.25) is 9.98 Å². The largest absolute Gasteiger partial charge is 0.391 e. The van der Waals surface area contributed by atoms with Gasteiger partial charge in [-0.1, -0.05) is 12.5 Å². The van der Waals surface area contributed by atoms with E-state index in [1.165, 1.54) is 0 Å². The van der Waals surface area contributed by atoms with Crippen LogP contribution in [-0.2, 0) is 6.54 Å². The Bertz CT molecular complexity index is 548. The maximum Gasteiger partial charge on any atom is 0.391 e. The molecule has 1 heterocycles. The van der Waals surface area contributed by atoms with Crippen molar-refractivity contribution in [2.75, 3.05) is 7.05 Å². The van der Waals surface area contributed by atoms with Crippen LogP contribution in [0.4, 0.5) is 13.2 Å². The van der Waals surface area contributed by atoms with Gasteiger partial charge in [-0.25, -0.2) is 0 Å². The van der Waals surface area contributed by atoms with Gasteiger partial charge >= 0.3 is 6.18 Å². The lowest BCUT2D eigenvalue weighted by molar-refractivity contribution is -0.183. The predicted molar refractivity (Wildman–Crippen MR) is 99.5 cm³/mol. The van der Waals surface area contributed by atoms with Crippen molar-refractivity contribution in [2.45, 2.75) is 51.4 Å². The Balaban J connectivity index is 0.00000288. The summed E-state index contributed by atoms with van der Waals surface area (Å²) in [5, 5.41) is 6.23. The second-order valence-electron chi connectivity index (χ2n) is 5.94. The van der Waals surface area contributed by atoms with Crippen molar-refractivity contribution < 1.29 is 13.2 Å². The van der Waals surface area contributed by atoms with E-state index < -0.39 is 12.1 Å². The molecular weight excluding hydrogens is 432 g/mol. The average molecular weight is 456 g/mol. The predicted octanol–water partition coefficient (Wildman–Crippen LogP) is 3.79. The molecule has 1 aliphatic carbocycles. The number of nitrogens with one attached hydrogen (secondary N) is 2. The lowest BCUT2D eigenvalue weighted by Gasteiger charge is -2.31. The highest BCUT2D eigenvalue weighted by Gasteiger charge is 2.42. The zero-order valence-electron chi connectivity index (χ0n) is 13.9. The Labute approximate surface area is 157 Å². The van der Waals surface area contributed by atoms with Crippen molar-refractivity contribution in [3.63, 3.8) is 0 Å². The lowest BCUT2D eigenvalue weighted by atomic mass is 9.85. The average Bonchev–Trinajstić information content (AvgIpc) is 2.52. The molecule has 0 spiro atoms. The maximum absolute atomic E-state index is 12.9. The number of hydrogen-bond donors (Lipinski definition) is 2. The number of rotatable bonds is 3. The molecule has 0 aliphatic heterocycles. The quantitative estimate of drug-likeness (QED) is 0.414. The van der Waals surface area contributed by atoms with Crippen LogP contribution in [0.15, 0.2) is 23.3 Å². The summed E-state index contributed by atoms with van der Waals surface area (Å²) in [5.74, 6) is -0.701. The Hall–Kier alpha value is -1.06. The van der Waals surface area contributed by atoms with Crippen LogP contribution in [0.25, 0.3) is 0 Å². The normalized spacial score (nSPS) is 21.8. The van der Waals surface area contributed by atoms with Crippen LogP contribution in [0.5, 0.6) is 0 Å². The molecule has 0 radical (unpaired) electrons. The van der Waals surface area contributed by atoms with Crippen molar-refractivity contribution in [3.05, 3.63) is 29.6 Å². The van der Waals surface area contributed by atoms with Gasteiger partial charge in [-0.2, -0.15) is 13.2 Å². The first-order chi connectivity index (χ1) is 10.9. The number of pyridine rings is 1. The SMILES string of the molecule is CN=C(NCc1ncccc1C)NC1CCCC(C(F)(F)F)C1.I. The van der Waals surface area contributed by atoms with Crippen LogP contribution in [0.1, 0.15) is 36.9 Å². The van der Waals surface area contributed by atoms with E-state index in [2.05, 4.69) is 20.6 Å². The Morgan fingerprint density at radius 1 is 1.38 bits per heavy atom. The van der Waals surface area contributed by atoms with E-state index in [1.54, 1.807) is 13.2 Å². The number of guanidine groups is 1. The van der Waals surface area contributed by atoms with Gasteiger partial charge in [0.15, 0.2) is 5.96 Å². The molecule has 0 amide bonds. The molecule has 1 saturated carbocycles. The van der Waals surface area contributed by atoms with Gasteiger partial charge < -0.3 is 10.6 Å². The third kappa shape index (κ3) is 6.10. The molecule has 4 nitrogen and oxygen atoms in total. The van der Waals surface area contributed by atoms with Crippen LogP contribution in [0, 0.1) is 12.8 Å². The van der Waals surface area contributed by atoms with Gasteiger partial charge in [0.2, 0.25) is 0 Å². The summed E-state index contributed by atoms with van der Waals surface area (Å²) in [6.07, 6.45) is -0.751. The molecule has 0 saturated heterocycles. The molecule has 1 fully saturated rings. The summed E-state index contributed by atoms with van der Waals surface area (Å²) in [7, 11) is 1.62. The fourth-order valence-electron chi connectivity index (χ4n) is 2.88. The molecule has 2 rings (SSSR count). The molecule has 24 heavy (non-hydrogen) atoms.